The lowest BCUT2D eigenvalue weighted by atomic mass is 10.1. The number of hydrogen-bond acceptors (Lipinski definition) is 2. The lowest BCUT2D eigenvalue weighted by molar-refractivity contribution is 0.110. The highest BCUT2D eigenvalue weighted by Gasteiger charge is 2.23. The molecule has 18 heavy (non-hydrogen) atoms. The molecule has 0 radical (unpaired) electrons. The summed E-state index contributed by atoms with van der Waals surface area (Å²) in [6.07, 6.45) is -2.88. The minimum Gasteiger partial charge on any atom is -0.453 e. The van der Waals surface area contributed by atoms with Crippen molar-refractivity contribution in [2.24, 2.45) is 0 Å². The van der Waals surface area contributed by atoms with Crippen molar-refractivity contribution in [1.82, 2.24) is 0 Å². The van der Waals surface area contributed by atoms with Gasteiger partial charge in [-0.2, -0.15) is 0 Å². The van der Waals surface area contributed by atoms with Crippen molar-refractivity contribution in [2.75, 3.05) is 0 Å². The Labute approximate surface area is 98.8 Å². The first-order valence-electron chi connectivity index (χ1n) is 4.86. The van der Waals surface area contributed by atoms with Crippen molar-refractivity contribution in [2.45, 2.75) is 6.43 Å². The summed E-state index contributed by atoms with van der Waals surface area (Å²) in [5.41, 5.74) is -1.63. The van der Waals surface area contributed by atoms with Gasteiger partial charge in [0.1, 0.15) is 17.4 Å². The van der Waals surface area contributed by atoms with E-state index in [1.807, 2.05) is 0 Å². The topological polar surface area (TPSA) is 30.2 Å². The van der Waals surface area contributed by atoms with Gasteiger partial charge in [-0.3, -0.25) is 4.79 Å². The van der Waals surface area contributed by atoms with Crippen molar-refractivity contribution < 1.29 is 26.8 Å². The maximum absolute atomic E-state index is 13.7. The molecule has 0 atom stereocenters. The summed E-state index contributed by atoms with van der Waals surface area (Å²) in [4.78, 5) is 10.4. The summed E-state index contributed by atoms with van der Waals surface area (Å²) in [5, 5.41) is 0. The largest absolute Gasteiger partial charge is 0.453 e. The quantitative estimate of drug-likeness (QED) is 0.615. The maximum Gasteiger partial charge on any atom is 0.269 e. The van der Waals surface area contributed by atoms with Crippen molar-refractivity contribution in [3.05, 3.63) is 47.2 Å². The molecule has 0 fully saturated rings. The lowest BCUT2D eigenvalue weighted by Gasteiger charge is -2.07. The first kappa shape index (κ1) is 12.3. The molecular weight excluding hydrogens is 252 g/mol. The molecule has 0 aliphatic carbocycles. The Morgan fingerprint density at radius 1 is 1.11 bits per heavy atom. The summed E-state index contributed by atoms with van der Waals surface area (Å²) < 4.78 is 56.7. The van der Waals surface area contributed by atoms with Gasteiger partial charge < -0.3 is 4.42 Å². The molecule has 0 saturated heterocycles. The second-order valence-corrected chi connectivity index (χ2v) is 3.44. The molecule has 0 bridgehead atoms. The van der Waals surface area contributed by atoms with Gasteiger partial charge in [0.15, 0.2) is 12.0 Å². The van der Waals surface area contributed by atoms with Crippen LogP contribution in [0.4, 0.5) is 17.6 Å². The van der Waals surface area contributed by atoms with E-state index in [-0.39, 0.29) is 17.1 Å². The number of carbonyl (C=O) groups excluding carboxylic acids is 1. The zero-order valence-corrected chi connectivity index (χ0v) is 8.79. The summed E-state index contributed by atoms with van der Waals surface area (Å²) in [7, 11) is 0. The molecule has 6 heteroatoms. The van der Waals surface area contributed by atoms with Crippen LogP contribution in [0.3, 0.4) is 0 Å². The van der Waals surface area contributed by atoms with E-state index < -0.39 is 23.6 Å². The number of alkyl halides is 2. The average molecular weight is 258 g/mol. The van der Waals surface area contributed by atoms with E-state index in [2.05, 4.69) is 0 Å². The Balaban J connectivity index is 2.58. The Hall–Kier alpha value is -2.11. The molecule has 0 aliphatic rings. The monoisotopic (exact) mass is 258 g/mol. The van der Waals surface area contributed by atoms with Gasteiger partial charge in [-0.25, -0.2) is 17.6 Å². The van der Waals surface area contributed by atoms with Gasteiger partial charge in [0, 0.05) is 0 Å². The minimum atomic E-state index is -3.27. The van der Waals surface area contributed by atoms with Crippen LogP contribution in [0.1, 0.15) is 22.5 Å². The smallest absolute Gasteiger partial charge is 0.269 e. The minimum absolute atomic E-state index is 0.0766. The molecule has 1 aromatic carbocycles. The third-order valence-electron chi connectivity index (χ3n) is 2.35. The first-order chi connectivity index (χ1) is 8.54. The van der Waals surface area contributed by atoms with Crippen LogP contribution in [0, 0.1) is 11.6 Å². The van der Waals surface area contributed by atoms with Gasteiger partial charge in [-0.05, 0) is 24.3 Å². The molecule has 0 N–H and O–H groups in total. The van der Waals surface area contributed by atoms with Crippen molar-refractivity contribution in [3.63, 3.8) is 0 Å². The molecule has 0 spiro atoms. The number of carbonyl (C=O) groups is 1. The SMILES string of the molecule is O=Cc1ccc(-c2ccc(F)c(C(F)F)c2F)o1. The molecule has 0 aliphatic heterocycles. The van der Waals surface area contributed by atoms with Gasteiger partial charge >= 0.3 is 0 Å². The fourth-order valence-corrected chi connectivity index (χ4v) is 1.52. The second-order valence-electron chi connectivity index (χ2n) is 3.44. The zero-order valence-electron chi connectivity index (χ0n) is 8.79. The standard InChI is InChI=1S/C12H6F4O2/c13-8-3-2-7(11(14)10(8)12(15)16)9-4-1-6(5-17)18-9/h1-5,12H. The highest BCUT2D eigenvalue weighted by atomic mass is 19.3. The fraction of sp³-hybridized carbons (Fsp3) is 0.0833. The average Bonchev–Trinajstić information content (AvgIpc) is 2.77. The van der Waals surface area contributed by atoms with E-state index in [0.717, 1.165) is 12.1 Å². The normalized spacial score (nSPS) is 10.9. The van der Waals surface area contributed by atoms with E-state index >= 15 is 0 Å². The van der Waals surface area contributed by atoms with Crippen molar-refractivity contribution in [3.8, 4) is 11.3 Å². The molecule has 0 amide bonds. The van der Waals surface area contributed by atoms with Crippen LogP contribution in [0.5, 0.6) is 0 Å². The molecule has 1 aromatic heterocycles. The third-order valence-corrected chi connectivity index (χ3v) is 2.35. The molecule has 0 saturated carbocycles. The first-order valence-corrected chi connectivity index (χ1v) is 4.86. The van der Waals surface area contributed by atoms with Gasteiger partial charge in [0.05, 0.1) is 11.1 Å². The van der Waals surface area contributed by atoms with Gasteiger partial charge in [-0.15, -0.1) is 0 Å². The van der Waals surface area contributed by atoms with E-state index in [0.29, 0.717) is 6.29 Å². The van der Waals surface area contributed by atoms with Crippen LogP contribution in [0.15, 0.2) is 28.7 Å². The number of benzene rings is 1. The Kier molecular flexibility index (Phi) is 3.18. The van der Waals surface area contributed by atoms with Crippen molar-refractivity contribution in [1.29, 1.82) is 0 Å². The number of hydrogen-bond donors (Lipinski definition) is 0. The van der Waals surface area contributed by atoms with Crippen LogP contribution in [-0.4, -0.2) is 6.29 Å². The van der Waals surface area contributed by atoms with Crippen LogP contribution in [0.2, 0.25) is 0 Å². The van der Waals surface area contributed by atoms with E-state index in [4.69, 9.17) is 4.42 Å². The van der Waals surface area contributed by atoms with E-state index in [1.165, 1.54) is 12.1 Å². The van der Waals surface area contributed by atoms with Gasteiger partial charge in [0.25, 0.3) is 6.43 Å². The maximum atomic E-state index is 13.7. The zero-order chi connectivity index (χ0) is 13.3. The Morgan fingerprint density at radius 3 is 2.39 bits per heavy atom. The number of rotatable bonds is 3. The summed E-state index contributed by atoms with van der Waals surface area (Å²) in [6, 6.07) is 4.20. The number of aldehydes is 1. The highest BCUT2D eigenvalue weighted by Crippen LogP contribution is 2.32. The molecule has 0 unspecified atom stereocenters. The third kappa shape index (κ3) is 2.01. The van der Waals surface area contributed by atoms with Gasteiger partial charge in [0.2, 0.25) is 0 Å². The van der Waals surface area contributed by atoms with E-state index in [9.17, 15) is 22.4 Å². The van der Waals surface area contributed by atoms with Gasteiger partial charge in [-0.1, -0.05) is 0 Å². The molecular formula is C12H6F4O2. The second kappa shape index (κ2) is 4.64. The predicted molar refractivity (Wildman–Crippen MR) is 54.4 cm³/mol. The number of halogens is 4. The molecule has 2 rings (SSSR count). The van der Waals surface area contributed by atoms with Crippen LogP contribution < -0.4 is 0 Å². The molecule has 2 aromatic rings. The number of furan rings is 1. The Morgan fingerprint density at radius 2 is 1.83 bits per heavy atom. The fourth-order valence-electron chi connectivity index (χ4n) is 1.52. The summed E-state index contributed by atoms with van der Waals surface area (Å²) in [6.45, 7) is 0. The van der Waals surface area contributed by atoms with E-state index in [1.54, 1.807) is 0 Å². The van der Waals surface area contributed by atoms with Crippen LogP contribution in [0.25, 0.3) is 11.3 Å². The lowest BCUT2D eigenvalue weighted by Crippen LogP contribution is -1.98. The van der Waals surface area contributed by atoms with Crippen molar-refractivity contribution >= 4 is 6.29 Å². The van der Waals surface area contributed by atoms with Crippen LogP contribution >= 0.6 is 0 Å². The molecule has 94 valence electrons. The highest BCUT2D eigenvalue weighted by molar-refractivity contribution is 5.73. The Bertz CT molecular complexity index is 590. The summed E-state index contributed by atoms with van der Waals surface area (Å²) in [5.74, 6) is -2.91. The molecule has 2 nitrogen and oxygen atoms in total. The van der Waals surface area contributed by atoms with Crippen LogP contribution in [-0.2, 0) is 0 Å². The summed E-state index contributed by atoms with van der Waals surface area (Å²) >= 11 is 0. The predicted octanol–water partition coefficient (Wildman–Crippen LogP) is 3.97. The molecule has 1 heterocycles.